The van der Waals surface area contributed by atoms with Gasteiger partial charge in [0.1, 0.15) is 17.3 Å². The molecule has 0 radical (unpaired) electrons. The van der Waals surface area contributed by atoms with Crippen molar-refractivity contribution in [2.24, 2.45) is 0 Å². The predicted octanol–water partition coefficient (Wildman–Crippen LogP) is 4.20. The first-order valence-electron chi connectivity index (χ1n) is 10.3. The zero-order valence-corrected chi connectivity index (χ0v) is 18.9. The summed E-state index contributed by atoms with van der Waals surface area (Å²) in [5.41, 5.74) is 0.842. The largest absolute Gasteiger partial charge is 0.507 e. The van der Waals surface area contributed by atoms with E-state index in [2.05, 4.69) is 0 Å². The summed E-state index contributed by atoms with van der Waals surface area (Å²) in [6, 6.07) is 9.91. The van der Waals surface area contributed by atoms with Gasteiger partial charge in [0.25, 0.3) is 11.7 Å². The molecule has 1 aliphatic rings. The molecule has 1 aliphatic heterocycles. The van der Waals surface area contributed by atoms with Crippen LogP contribution in [0.1, 0.15) is 43.5 Å². The van der Waals surface area contributed by atoms with Crippen molar-refractivity contribution >= 4 is 17.4 Å². The van der Waals surface area contributed by atoms with Crippen LogP contribution in [0.3, 0.4) is 0 Å². The van der Waals surface area contributed by atoms with Gasteiger partial charge >= 0.3 is 0 Å². The second kappa shape index (κ2) is 9.12. The molecule has 1 fully saturated rings. The van der Waals surface area contributed by atoms with Gasteiger partial charge in [-0.1, -0.05) is 39.0 Å². The van der Waals surface area contributed by atoms with Gasteiger partial charge in [0, 0.05) is 30.3 Å². The molecular formula is C25H28FNO5. The van der Waals surface area contributed by atoms with E-state index < -0.39 is 23.5 Å². The molecule has 2 aromatic rings. The molecule has 1 heterocycles. The molecule has 32 heavy (non-hydrogen) atoms. The van der Waals surface area contributed by atoms with E-state index >= 15 is 0 Å². The lowest BCUT2D eigenvalue weighted by Crippen LogP contribution is -2.33. The number of ketones is 1. The molecule has 170 valence electrons. The molecule has 0 bridgehead atoms. The van der Waals surface area contributed by atoms with Gasteiger partial charge < -0.3 is 19.5 Å². The molecule has 0 spiro atoms. The van der Waals surface area contributed by atoms with Crippen molar-refractivity contribution in [3.63, 3.8) is 0 Å². The van der Waals surface area contributed by atoms with Gasteiger partial charge in [-0.3, -0.25) is 9.59 Å². The maximum Gasteiger partial charge on any atom is 0.295 e. The summed E-state index contributed by atoms with van der Waals surface area (Å²) < 4.78 is 25.3. The summed E-state index contributed by atoms with van der Waals surface area (Å²) in [7, 11) is 3.03. The number of carbonyl (C=O) groups is 2. The molecule has 0 aliphatic carbocycles. The Morgan fingerprint density at radius 2 is 1.81 bits per heavy atom. The first kappa shape index (κ1) is 23.5. The summed E-state index contributed by atoms with van der Waals surface area (Å²) in [6.45, 7) is 6.23. The number of Topliss-reactive ketones (excluding diaryl/α,β-unsaturated/α-hetero) is 1. The van der Waals surface area contributed by atoms with Crippen LogP contribution in [0.5, 0.6) is 5.75 Å². The fraction of sp³-hybridized carbons (Fsp3) is 0.360. The van der Waals surface area contributed by atoms with Crippen molar-refractivity contribution in [3.8, 4) is 5.75 Å². The van der Waals surface area contributed by atoms with Gasteiger partial charge in [0.15, 0.2) is 0 Å². The van der Waals surface area contributed by atoms with Crippen LogP contribution < -0.4 is 4.74 Å². The third-order valence-electron chi connectivity index (χ3n) is 5.56. The summed E-state index contributed by atoms with van der Waals surface area (Å²) in [5.74, 6) is -1.95. The van der Waals surface area contributed by atoms with E-state index in [1.807, 2.05) is 20.8 Å². The lowest BCUT2D eigenvalue weighted by Gasteiger charge is -2.26. The number of methoxy groups -OCH3 is 2. The van der Waals surface area contributed by atoms with E-state index in [-0.39, 0.29) is 35.5 Å². The van der Waals surface area contributed by atoms with E-state index in [0.717, 1.165) is 5.56 Å². The van der Waals surface area contributed by atoms with Gasteiger partial charge in [-0.25, -0.2) is 4.39 Å². The Morgan fingerprint density at radius 3 is 2.41 bits per heavy atom. The van der Waals surface area contributed by atoms with Crippen molar-refractivity contribution < 1.29 is 28.6 Å². The van der Waals surface area contributed by atoms with E-state index in [1.54, 1.807) is 31.4 Å². The highest BCUT2D eigenvalue weighted by molar-refractivity contribution is 6.46. The number of amides is 1. The number of hydrogen-bond acceptors (Lipinski definition) is 5. The minimum atomic E-state index is -1.06. The molecule has 0 saturated carbocycles. The van der Waals surface area contributed by atoms with Crippen molar-refractivity contribution in [1.82, 2.24) is 4.90 Å². The molecule has 1 atom stereocenters. The lowest BCUT2D eigenvalue weighted by molar-refractivity contribution is -0.140. The van der Waals surface area contributed by atoms with Crippen LogP contribution in [0.2, 0.25) is 0 Å². The average molecular weight is 441 g/mol. The zero-order chi connectivity index (χ0) is 23.6. The second-order valence-electron chi connectivity index (χ2n) is 8.67. The van der Waals surface area contributed by atoms with Gasteiger partial charge in [-0.2, -0.15) is 0 Å². The van der Waals surface area contributed by atoms with Crippen molar-refractivity contribution in [1.29, 1.82) is 0 Å². The number of ether oxygens (including phenoxy) is 2. The van der Waals surface area contributed by atoms with Crippen LogP contribution in [-0.2, 0) is 19.7 Å². The Hall–Kier alpha value is -3.19. The van der Waals surface area contributed by atoms with E-state index in [0.29, 0.717) is 11.3 Å². The van der Waals surface area contributed by atoms with Crippen LogP contribution in [0, 0.1) is 5.82 Å². The third-order valence-corrected chi connectivity index (χ3v) is 5.56. The van der Waals surface area contributed by atoms with Gasteiger partial charge in [0.2, 0.25) is 0 Å². The highest BCUT2D eigenvalue weighted by Crippen LogP contribution is 2.41. The monoisotopic (exact) mass is 441 g/mol. The highest BCUT2D eigenvalue weighted by Gasteiger charge is 2.46. The number of carbonyl (C=O) groups excluding carboxylic acids is 2. The first-order chi connectivity index (χ1) is 15.1. The molecule has 1 N–H and O–H groups in total. The number of rotatable bonds is 6. The Morgan fingerprint density at radius 1 is 1.12 bits per heavy atom. The van der Waals surface area contributed by atoms with E-state index in [9.17, 15) is 19.1 Å². The average Bonchev–Trinajstić information content (AvgIpc) is 3.01. The molecule has 7 heteroatoms. The molecule has 3 rings (SSSR count). The summed E-state index contributed by atoms with van der Waals surface area (Å²) in [5, 5.41) is 11.2. The SMILES string of the molecule is COCCN1C(=O)C(=O)/C(=C(/O)c2ccc(OC)c(C(C)(C)C)c2)C1c1ccccc1F. The second-order valence-corrected chi connectivity index (χ2v) is 8.67. The van der Waals surface area contributed by atoms with Crippen LogP contribution in [0.4, 0.5) is 4.39 Å². The molecule has 1 amide bonds. The molecule has 1 unspecified atom stereocenters. The molecular weight excluding hydrogens is 413 g/mol. The summed E-state index contributed by atoms with van der Waals surface area (Å²) >= 11 is 0. The highest BCUT2D eigenvalue weighted by atomic mass is 19.1. The maximum absolute atomic E-state index is 14.7. The number of likely N-dealkylation sites (tertiary alicyclic amines) is 1. The van der Waals surface area contributed by atoms with Crippen LogP contribution in [0.25, 0.3) is 5.76 Å². The van der Waals surface area contributed by atoms with Crippen molar-refractivity contribution in [2.45, 2.75) is 32.2 Å². The van der Waals surface area contributed by atoms with Crippen LogP contribution in [-0.4, -0.2) is 49.1 Å². The smallest absolute Gasteiger partial charge is 0.295 e. The van der Waals surface area contributed by atoms with Crippen molar-refractivity contribution in [3.05, 3.63) is 70.5 Å². The first-order valence-corrected chi connectivity index (χ1v) is 10.3. The Bertz CT molecular complexity index is 1070. The third kappa shape index (κ3) is 4.25. The predicted molar refractivity (Wildman–Crippen MR) is 119 cm³/mol. The fourth-order valence-corrected chi connectivity index (χ4v) is 3.92. The van der Waals surface area contributed by atoms with Crippen LogP contribution >= 0.6 is 0 Å². The van der Waals surface area contributed by atoms with Crippen molar-refractivity contribution in [2.75, 3.05) is 27.4 Å². The quantitative estimate of drug-likeness (QED) is 0.413. The van der Waals surface area contributed by atoms with E-state index in [4.69, 9.17) is 9.47 Å². The molecule has 0 aromatic heterocycles. The number of aliphatic hydroxyl groups excluding tert-OH is 1. The number of halogens is 1. The van der Waals surface area contributed by atoms with Gasteiger partial charge in [-0.15, -0.1) is 0 Å². The van der Waals surface area contributed by atoms with Crippen LogP contribution in [0.15, 0.2) is 48.0 Å². The summed E-state index contributed by atoms with van der Waals surface area (Å²) in [6.07, 6.45) is 0. The fourth-order valence-electron chi connectivity index (χ4n) is 3.92. The number of hydrogen-bond donors (Lipinski definition) is 1. The number of nitrogens with zero attached hydrogens (tertiary/aromatic N) is 1. The van der Waals surface area contributed by atoms with E-state index in [1.165, 1.54) is 30.2 Å². The molecule has 6 nitrogen and oxygen atoms in total. The minimum Gasteiger partial charge on any atom is -0.507 e. The molecule has 2 aromatic carbocycles. The normalized spacial score (nSPS) is 18.3. The van der Waals surface area contributed by atoms with Gasteiger partial charge in [0.05, 0.1) is 25.3 Å². The topological polar surface area (TPSA) is 76.1 Å². The molecule has 1 saturated heterocycles. The maximum atomic E-state index is 14.7. The number of aliphatic hydroxyl groups is 1. The minimum absolute atomic E-state index is 0.0761. The Kier molecular flexibility index (Phi) is 6.69. The summed E-state index contributed by atoms with van der Waals surface area (Å²) in [4.78, 5) is 27.0. The van der Waals surface area contributed by atoms with Gasteiger partial charge in [-0.05, 0) is 29.7 Å². The Balaban J connectivity index is 2.23. The lowest BCUT2D eigenvalue weighted by atomic mass is 9.84. The number of benzene rings is 2. The zero-order valence-electron chi connectivity index (χ0n) is 18.9. The Labute approximate surface area is 187 Å². The standard InChI is InChI=1S/C25H28FNO5/c1-25(2,3)17-14-15(10-11-19(17)32-5)22(28)20-21(16-8-6-7-9-18(16)26)27(12-13-31-4)24(30)23(20)29/h6-11,14,21,28H,12-13H2,1-5H3/b22-20+.